The molecule has 1 aromatic rings. The number of hydrogen-bond acceptors (Lipinski definition) is 2. The Labute approximate surface area is 161 Å². The van der Waals surface area contributed by atoms with Gasteiger partial charge in [-0.3, -0.25) is 4.79 Å². The number of ketones is 1. The van der Waals surface area contributed by atoms with Crippen LogP contribution in [0.2, 0.25) is 5.02 Å². The highest BCUT2D eigenvalue weighted by atomic mass is 35.5. The number of allylic oxidation sites excluding steroid dienone is 1. The second-order valence-electron chi connectivity index (χ2n) is 10.1. The zero-order chi connectivity index (χ0) is 18.1. The average molecular weight is 370 g/mol. The van der Waals surface area contributed by atoms with E-state index in [0.29, 0.717) is 5.78 Å². The Morgan fingerprint density at radius 2 is 1.73 bits per heavy atom. The monoisotopic (exact) mass is 369 g/mol. The van der Waals surface area contributed by atoms with Gasteiger partial charge >= 0.3 is 0 Å². The third kappa shape index (κ3) is 2.72. The number of fused-ring (bicyclic) bond motifs is 1. The van der Waals surface area contributed by atoms with Crippen molar-refractivity contribution in [1.29, 1.82) is 0 Å². The van der Waals surface area contributed by atoms with E-state index in [-0.39, 0.29) is 11.0 Å². The molecule has 1 aliphatic heterocycles. The van der Waals surface area contributed by atoms with Crippen LogP contribution in [0.1, 0.15) is 63.5 Å². The van der Waals surface area contributed by atoms with Crippen molar-refractivity contribution >= 4 is 23.1 Å². The molecule has 4 saturated carbocycles. The molecule has 138 valence electrons. The molecule has 2 nitrogen and oxygen atoms in total. The van der Waals surface area contributed by atoms with Crippen molar-refractivity contribution in [2.24, 2.45) is 23.2 Å². The second kappa shape index (κ2) is 5.61. The first-order chi connectivity index (χ1) is 12.3. The minimum absolute atomic E-state index is 0.0472. The number of halogens is 1. The largest absolute Gasteiger partial charge is 0.379 e. The predicted molar refractivity (Wildman–Crippen MR) is 106 cm³/mol. The smallest absolute Gasteiger partial charge is 0.163 e. The Kier molecular flexibility index (Phi) is 3.64. The highest BCUT2D eigenvalue weighted by Crippen LogP contribution is 2.60. The van der Waals surface area contributed by atoms with Gasteiger partial charge in [-0.05, 0) is 94.2 Å². The maximum absolute atomic E-state index is 13.5. The molecule has 0 aromatic heterocycles. The lowest BCUT2D eigenvalue weighted by Crippen LogP contribution is -2.50. The number of carbonyl (C=O) groups excluding carboxylic acids is 1. The summed E-state index contributed by atoms with van der Waals surface area (Å²) in [5.74, 6) is 2.74. The fourth-order valence-electron chi connectivity index (χ4n) is 6.72. The van der Waals surface area contributed by atoms with Crippen molar-refractivity contribution in [3.63, 3.8) is 0 Å². The van der Waals surface area contributed by atoms with Crippen molar-refractivity contribution in [2.45, 2.75) is 64.3 Å². The van der Waals surface area contributed by atoms with Gasteiger partial charge in [0.1, 0.15) is 0 Å². The molecule has 0 saturated heterocycles. The van der Waals surface area contributed by atoms with Crippen molar-refractivity contribution < 1.29 is 4.79 Å². The number of rotatable bonds is 2. The van der Waals surface area contributed by atoms with Crippen LogP contribution in [0.25, 0.3) is 5.70 Å². The molecule has 0 radical (unpaired) electrons. The lowest BCUT2D eigenvalue weighted by molar-refractivity contribution is -0.138. The van der Waals surface area contributed by atoms with Crippen LogP contribution in [0.15, 0.2) is 24.3 Å². The molecule has 0 amide bonds. The molecule has 0 spiro atoms. The SMILES string of the molecule is CC1(C)Cc2ccc(Cl)cc2C(=CC(=O)C23CC4CC(CC(C4)C2)C3)N1. The van der Waals surface area contributed by atoms with E-state index < -0.39 is 0 Å². The summed E-state index contributed by atoms with van der Waals surface area (Å²) in [6.07, 6.45) is 10.3. The summed E-state index contributed by atoms with van der Waals surface area (Å²) in [6, 6.07) is 6.08. The van der Waals surface area contributed by atoms with Crippen molar-refractivity contribution in [3.8, 4) is 0 Å². The Morgan fingerprint density at radius 1 is 1.12 bits per heavy atom. The van der Waals surface area contributed by atoms with Crippen LogP contribution in [0.3, 0.4) is 0 Å². The molecule has 1 aromatic carbocycles. The van der Waals surface area contributed by atoms with Gasteiger partial charge < -0.3 is 5.32 Å². The van der Waals surface area contributed by atoms with Gasteiger partial charge in [-0.25, -0.2) is 0 Å². The summed E-state index contributed by atoms with van der Waals surface area (Å²) in [4.78, 5) is 13.5. The summed E-state index contributed by atoms with van der Waals surface area (Å²) in [5, 5.41) is 4.36. The fourth-order valence-corrected chi connectivity index (χ4v) is 6.89. The van der Waals surface area contributed by atoms with Crippen LogP contribution >= 0.6 is 11.6 Å². The van der Waals surface area contributed by atoms with Crippen LogP contribution in [0.4, 0.5) is 0 Å². The number of hydrogen-bond donors (Lipinski definition) is 1. The Hall–Kier alpha value is -1.28. The number of benzene rings is 1. The molecule has 4 bridgehead atoms. The first-order valence-corrected chi connectivity index (χ1v) is 10.5. The molecule has 1 heterocycles. The topological polar surface area (TPSA) is 29.1 Å². The first-order valence-electron chi connectivity index (χ1n) is 10.2. The quantitative estimate of drug-likeness (QED) is 0.708. The zero-order valence-electron chi connectivity index (χ0n) is 15.8. The maximum Gasteiger partial charge on any atom is 0.163 e. The van der Waals surface area contributed by atoms with E-state index in [9.17, 15) is 4.79 Å². The van der Waals surface area contributed by atoms with Gasteiger partial charge in [0.2, 0.25) is 0 Å². The first kappa shape index (κ1) is 16.9. The summed E-state index contributed by atoms with van der Waals surface area (Å²) in [5.41, 5.74) is 3.23. The summed E-state index contributed by atoms with van der Waals surface area (Å²) in [7, 11) is 0. The predicted octanol–water partition coefficient (Wildman–Crippen LogP) is 5.39. The lowest BCUT2D eigenvalue weighted by Gasteiger charge is -2.55. The molecule has 3 heteroatoms. The Morgan fingerprint density at radius 3 is 2.35 bits per heavy atom. The van der Waals surface area contributed by atoms with Gasteiger partial charge in [0.05, 0.1) is 0 Å². The molecule has 0 atom stereocenters. The number of nitrogens with one attached hydrogen (secondary N) is 1. The van der Waals surface area contributed by atoms with Gasteiger partial charge in [0.15, 0.2) is 5.78 Å². The van der Waals surface area contributed by atoms with E-state index in [0.717, 1.165) is 59.7 Å². The van der Waals surface area contributed by atoms with Gasteiger partial charge in [0, 0.05) is 33.3 Å². The van der Waals surface area contributed by atoms with E-state index in [1.807, 2.05) is 18.2 Å². The molecule has 4 aliphatic carbocycles. The molecular formula is C23H28ClNO. The third-order valence-electron chi connectivity index (χ3n) is 7.30. The van der Waals surface area contributed by atoms with Gasteiger partial charge in [0.25, 0.3) is 0 Å². The molecular weight excluding hydrogens is 342 g/mol. The van der Waals surface area contributed by atoms with Gasteiger partial charge in [-0.2, -0.15) is 0 Å². The fraction of sp³-hybridized carbons (Fsp3) is 0.609. The van der Waals surface area contributed by atoms with Crippen molar-refractivity contribution in [1.82, 2.24) is 5.32 Å². The molecule has 1 N–H and O–H groups in total. The lowest BCUT2D eigenvalue weighted by atomic mass is 9.48. The van der Waals surface area contributed by atoms with Crippen molar-refractivity contribution in [2.75, 3.05) is 0 Å². The third-order valence-corrected chi connectivity index (χ3v) is 7.54. The Bertz CT molecular complexity index is 771. The molecule has 4 fully saturated rings. The summed E-state index contributed by atoms with van der Waals surface area (Å²) in [6.45, 7) is 4.40. The summed E-state index contributed by atoms with van der Waals surface area (Å²) < 4.78 is 0. The van der Waals surface area contributed by atoms with Crippen LogP contribution in [-0.4, -0.2) is 11.3 Å². The average Bonchev–Trinajstić information content (AvgIpc) is 2.53. The summed E-state index contributed by atoms with van der Waals surface area (Å²) >= 11 is 6.27. The van der Waals surface area contributed by atoms with E-state index in [2.05, 4.69) is 25.2 Å². The van der Waals surface area contributed by atoms with Gasteiger partial charge in [-0.15, -0.1) is 0 Å². The highest BCUT2D eigenvalue weighted by Gasteiger charge is 2.53. The molecule has 26 heavy (non-hydrogen) atoms. The van der Waals surface area contributed by atoms with E-state index >= 15 is 0 Å². The minimum Gasteiger partial charge on any atom is -0.379 e. The van der Waals surface area contributed by atoms with E-state index in [4.69, 9.17) is 11.6 Å². The Balaban J connectivity index is 1.52. The zero-order valence-corrected chi connectivity index (χ0v) is 16.5. The van der Waals surface area contributed by atoms with E-state index in [1.165, 1.54) is 24.8 Å². The van der Waals surface area contributed by atoms with Crippen LogP contribution < -0.4 is 5.32 Å². The second-order valence-corrected chi connectivity index (χ2v) is 10.5. The number of carbonyl (C=O) groups is 1. The van der Waals surface area contributed by atoms with Crippen molar-refractivity contribution in [3.05, 3.63) is 40.4 Å². The standard InChI is InChI=1S/C23H28ClNO/c1-22(2)13-17-3-4-18(24)8-19(17)20(25-22)9-21(26)23-10-14-5-15(11-23)7-16(6-14)12-23/h3-4,8-9,14-16,25H,5-7,10-13H2,1-2H3. The van der Waals surface area contributed by atoms with Crippen LogP contribution in [0, 0.1) is 23.2 Å². The maximum atomic E-state index is 13.5. The van der Waals surface area contributed by atoms with Crippen LogP contribution in [-0.2, 0) is 11.2 Å². The van der Waals surface area contributed by atoms with E-state index in [1.54, 1.807) is 0 Å². The normalized spacial score (nSPS) is 38.1. The molecule has 6 rings (SSSR count). The molecule has 5 aliphatic rings. The minimum atomic E-state index is -0.0796. The van der Waals surface area contributed by atoms with Gasteiger partial charge in [-0.1, -0.05) is 17.7 Å². The van der Waals surface area contributed by atoms with Crippen LogP contribution in [0.5, 0.6) is 0 Å². The molecule has 0 unspecified atom stereocenters. The highest BCUT2D eigenvalue weighted by molar-refractivity contribution is 6.30.